The lowest BCUT2D eigenvalue weighted by atomic mass is 10.2. The Balaban J connectivity index is 1.47. The molecular weight excluding hydrogens is 326 g/mol. The first kappa shape index (κ1) is 16.6. The number of hydrogen-bond acceptors (Lipinski definition) is 6. The number of Topliss-reactive ketones (excluding diaryl/α,β-unsaturated/α-hetero) is 1. The van der Waals surface area contributed by atoms with Crippen molar-refractivity contribution in [1.29, 1.82) is 0 Å². The molecule has 0 atom stereocenters. The van der Waals surface area contributed by atoms with E-state index in [2.05, 4.69) is 9.80 Å². The van der Waals surface area contributed by atoms with Crippen LogP contribution in [0.25, 0.3) is 0 Å². The second-order valence-corrected chi connectivity index (χ2v) is 6.70. The molecule has 3 rings (SSSR count). The summed E-state index contributed by atoms with van der Waals surface area (Å²) in [5.74, 6) is 0.211. The normalized spacial score (nSPS) is 15.4. The summed E-state index contributed by atoms with van der Waals surface area (Å²) in [5.41, 5.74) is 1.12. The number of nitro benzene ring substituents is 1. The largest absolute Gasteiger partial charge is 0.369 e. The summed E-state index contributed by atoms with van der Waals surface area (Å²) in [4.78, 5) is 27.7. The second-order valence-electron chi connectivity index (χ2n) is 5.75. The molecule has 126 valence electrons. The van der Waals surface area contributed by atoms with Crippen LogP contribution < -0.4 is 4.90 Å². The Kier molecular flexibility index (Phi) is 5.22. The van der Waals surface area contributed by atoms with E-state index in [0.29, 0.717) is 6.42 Å². The van der Waals surface area contributed by atoms with Crippen molar-refractivity contribution in [3.8, 4) is 0 Å². The standard InChI is InChI=1S/C17H19N3O3S/c21-16(17-2-1-13-24-17)7-8-18-9-11-19(12-10-18)14-3-5-15(6-4-14)20(22)23/h1-6,13H,7-12H2. The van der Waals surface area contributed by atoms with E-state index in [1.165, 1.54) is 11.3 Å². The lowest BCUT2D eigenvalue weighted by molar-refractivity contribution is -0.384. The molecule has 7 heteroatoms. The third-order valence-corrected chi connectivity index (χ3v) is 5.16. The van der Waals surface area contributed by atoms with Gasteiger partial charge in [-0.05, 0) is 23.6 Å². The molecule has 1 aliphatic rings. The van der Waals surface area contributed by atoms with Crippen LogP contribution in [0.15, 0.2) is 41.8 Å². The van der Waals surface area contributed by atoms with Gasteiger partial charge in [0, 0.05) is 57.0 Å². The van der Waals surface area contributed by atoms with Gasteiger partial charge in [-0.15, -0.1) is 11.3 Å². The van der Waals surface area contributed by atoms with Gasteiger partial charge in [0.25, 0.3) is 5.69 Å². The van der Waals surface area contributed by atoms with Gasteiger partial charge >= 0.3 is 0 Å². The summed E-state index contributed by atoms with van der Waals surface area (Å²) in [6, 6.07) is 10.5. The first-order chi connectivity index (χ1) is 11.6. The van der Waals surface area contributed by atoms with E-state index in [1.807, 2.05) is 17.5 Å². The van der Waals surface area contributed by atoms with E-state index in [1.54, 1.807) is 24.3 Å². The average Bonchev–Trinajstić information content (AvgIpc) is 3.15. The summed E-state index contributed by atoms with van der Waals surface area (Å²) in [7, 11) is 0. The van der Waals surface area contributed by atoms with E-state index in [-0.39, 0.29) is 16.4 Å². The quantitative estimate of drug-likeness (QED) is 0.457. The lowest BCUT2D eigenvalue weighted by Gasteiger charge is -2.36. The predicted octanol–water partition coefficient (Wildman–Crippen LogP) is 3.05. The molecule has 2 heterocycles. The van der Waals surface area contributed by atoms with Crippen LogP contribution in [0.2, 0.25) is 0 Å². The van der Waals surface area contributed by atoms with Crippen LogP contribution in [0.5, 0.6) is 0 Å². The number of hydrogen-bond donors (Lipinski definition) is 0. The number of ketones is 1. The number of nitrogens with zero attached hydrogens (tertiary/aromatic N) is 3. The molecule has 24 heavy (non-hydrogen) atoms. The highest BCUT2D eigenvalue weighted by Crippen LogP contribution is 2.21. The number of anilines is 1. The minimum Gasteiger partial charge on any atom is -0.369 e. The molecule has 0 radical (unpaired) electrons. The maximum Gasteiger partial charge on any atom is 0.269 e. The number of carbonyl (C=O) groups excluding carboxylic acids is 1. The van der Waals surface area contributed by atoms with Gasteiger partial charge in [-0.2, -0.15) is 0 Å². The van der Waals surface area contributed by atoms with Crippen molar-refractivity contribution in [3.05, 3.63) is 56.8 Å². The molecule has 0 spiro atoms. The fourth-order valence-corrected chi connectivity index (χ4v) is 3.53. The molecule has 2 aromatic rings. The van der Waals surface area contributed by atoms with Crippen LogP contribution in [0.3, 0.4) is 0 Å². The number of thiophene rings is 1. The molecule has 6 nitrogen and oxygen atoms in total. The van der Waals surface area contributed by atoms with Crippen LogP contribution in [-0.4, -0.2) is 48.3 Å². The van der Waals surface area contributed by atoms with Crippen molar-refractivity contribution >= 4 is 28.5 Å². The fraction of sp³-hybridized carbons (Fsp3) is 0.353. The van der Waals surface area contributed by atoms with Gasteiger partial charge < -0.3 is 4.90 Å². The molecule has 0 unspecified atom stereocenters. The number of carbonyl (C=O) groups is 1. The molecule has 1 aromatic heterocycles. The zero-order valence-corrected chi connectivity index (χ0v) is 14.1. The molecule has 1 fully saturated rings. The minimum absolute atomic E-state index is 0.115. The zero-order valence-electron chi connectivity index (χ0n) is 13.3. The number of rotatable bonds is 6. The Labute approximate surface area is 144 Å². The average molecular weight is 345 g/mol. The molecular formula is C17H19N3O3S. The van der Waals surface area contributed by atoms with Crippen molar-refractivity contribution in [2.75, 3.05) is 37.6 Å². The van der Waals surface area contributed by atoms with Crippen LogP contribution in [0.4, 0.5) is 11.4 Å². The summed E-state index contributed by atoms with van der Waals surface area (Å²) >= 11 is 1.49. The van der Waals surface area contributed by atoms with Gasteiger partial charge in [-0.3, -0.25) is 19.8 Å². The number of piperazine rings is 1. The van der Waals surface area contributed by atoms with Gasteiger partial charge in [-0.25, -0.2) is 0 Å². The molecule has 0 N–H and O–H groups in total. The van der Waals surface area contributed by atoms with Gasteiger partial charge in [0.15, 0.2) is 5.78 Å². The van der Waals surface area contributed by atoms with Crippen molar-refractivity contribution in [2.45, 2.75) is 6.42 Å². The molecule has 1 saturated heterocycles. The Morgan fingerprint density at radius 2 is 1.83 bits per heavy atom. The van der Waals surface area contributed by atoms with Crippen molar-refractivity contribution in [2.24, 2.45) is 0 Å². The van der Waals surface area contributed by atoms with Crippen LogP contribution in [-0.2, 0) is 0 Å². The Hall–Kier alpha value is -2.25. The Morgan fingerprint density at radius 3 is 2.42 bits per heavy atom. The smallest absolute Gasteiger partial charge is 0.269 e. The van der Waals surface area contributed by atoms with Gasteiger partial charge in [0.05, 0.1) is 9.80 Å². The highest BCUT2D eigenvalue weighted by Gasteiger charge is 2.19. The minimum atomic E-state index is -0.383. The topological polar surface area (TPSA) is 66.7 Å². The molecule has 1 aromatic carbocycles. The van der Waals surface area contributed by atoms with E-state index >= 15 is 0 Å². The third kappa shape index (κ3) is 3.98. The molecule has 0 amide bonds. The highest BCUT2D eigenvalue weighted by molar-refractivity contribution is 7.12. The van der Waals surface area contributed by atoms with E-state index in [9.17, 15) is 14.9 Å². The van der Waals surface area contributed by atoms with Crippen LogP contribution in [0.1, 0.15) is 16.1 Å². The summed E-state index contributed by atoms with van der Waals surface area (Å²) in [6.07, 6.45) is 0.554. The molecule has 0 aliphatic carbocycles. The maximum absolute atomic E-state index is 12.0. The number of non-ortho nitro benzene ring substituents is 1. The molecule has 0 saturated carbocycles. The summed E-state index contributed by atoms with van der Waals surface area (Å²) < 4.78 is 0. The Bertz CT molecular complexity index is 692. The maximum atomic E-state index is 12.0. The monoisotopic (exact) mass is 345 g/mol. The first-order valence-electron chi connectivity index (χ1n) is 7.92. The summed E-state index contributed by atoms with van der Waals surface area (Å²) in [5, 5.41) is 12.6. The van der Waals surface area contributed by atoms with Gasteiger partial charge in [0.1, 0.15) is 0 Å². The van der Waals surface area contributed by atoms with Crippen LogP contribution in [0, 0.1) is 10.1 Å². The fourth-order valence-electron chi connectivity index (χ4n) is 2.83. The zero-order chi connectivity index (χ0) is 16.9. The van der Waals surface area contributed by atoms with Gasteiger partial charge in [-0.1, -0.05) is 6.07 Å². The van der Waals surface area contributed by atoms with Gasteiger partial charge in [0.2, 0.25) is 0 Å². The van der Waals surface area contributed by atoms with Crippen molar-refractivity contribution in [3.63, 3.8) is 0 Å². The first-order valence-corrected chi connectivity index (χ1v) is 8.80. The number of benzene rings is 1. The van der Waals surface area contributed by atoms with E-state index < -0.39 is 0 Å². The van der Waals surface area contributed by atoms with Crippen LogP contribution >= 0.6 is 11.3 Å². The SMILES string of the molecule is O=C(CCN1CCN(c2ccc([N+](=O)[O-])cc2)CC1)c1cccs1. The Morgan fingerprint density at radius 1 is 1.12 bits per heavy atom. The lowest BCUT2D eigenvalue weighted by Crippen LogP contribution is -2.46. The van der Waals surface area contributed by atoms with Crippen molar-refractivity contribution < 1.29 is 9.72 Å². The molecule has 1 aliphatic heterocycles. The summed E-state index contributed by atoms with van der Waals surface area (Å²) in [6.45, 7) is 4.31. The predicted molar refractivity (Wildman–Crippen MR) is 95.0 cm³/mol. The second kappa shape index (κ2) is 7.55. The van der Waals surface area contributed by atoms with Crippen molar-refractivity contribution in [1.82, 2.24) is 4.90 Å². The number of nitro groups is 1. The van der Waals surface area contributed by atoms with E-state index in [0.717, 1.165) is 43.3 Å². The highest BCUT2D eigenvalue weighted by atomic mass is 32.1. The van der Waals surface area contributed by atoms with E-state index in [4.69, 9.17) is 0 Å². The third-order valence-electron chi connectivity index (χ3n) is 4.25. The molecule has 0 bridgehead atoms.